The molecule has 0 amide bonds. The van der Waals surface area contributed by atoms with Crippen LogP contribution >= 0.6 is 0 Å². The van der Waals surface area contributed by atoms with Crippen molar-refractivity contribution in [2.75, 3.05) is 36.6 Å². The lowest BCUT2D eigenvalue weighted by Gasteiger charge is -2.38. The normalized spacial score (nSPS) is 22.7. The van der Waals surface area contributed by atoms with Crippen molar-refractivity contribution in [2.45, 2.75) is 32.0 Å². The number of alkyl halides is 4. The Morgan fingerprint density at radius 1 is 1.15 bits per heavy atom. The number of piperidine rings is 1. The Morgan fingerprint density at radius 3 is 2.58 bits per heavy atom. The molecule has 2 unspecified atom stereocenters. The summed E-state index contributed by atoms with van der Waals surface area (Å²) in [5.41, 5.74) is -0.169. The van der Waals surface area contributed by atoms with E-state index in [4.69, 9.17) is 4.74 Å². The second kappa shape index (κ2) is 8.31. The molecule has 2 atom stereocenters. The van der Waals surface area contributed by atoms with Gasteiger partial charge in [-0.2, -0.15) is 18.2 Å². The summed E-state index contributed by atoms with van der Waals surface area (Å²) in [7, 11) is 0. The predicted molar refractivity (Wildman–Crippen MR) is 112 cm³/mol. The van der Waals surface area contributed by atoms with Crippen molar-refractivity contribution in [1.82, 2.24) is 24.6 Å². The molecule has 8 nitrogen and oxygen atoms in total. The maximum atomic E-state index is 13.5. The number of hydrogen-bond donors (Lipinski definition) is 1. The highest BCUT2D eigenvalue weighted by Crippen LogP contribution is 2.40. The Bertz CT molecular complexity index is 1140. The molecular weight excluding hydrogens is 442 g/mol. The molecule has 0 spiro atoms. The molecule has 2 aliphatic rings. The lowest BCUT2D eigenvalue weighted by atomic mass is 9.92. The molecule has 12 heteroatoms. The summed E-state index contributed by atoms with van der Waals surface area (Å²) in [5.74, 6) is 1.58. The zero-order valence-electron chi connectivity index (χ0n) is 17.9. The fourth-order valence-electron chi connectivity index (χ4n) is 4.88. The van der Waals surface area contributed by atoms with Gasteiger partial charge in [-0.3, -0.25) is 0 Å². The summed E-state index contributed by atoms with van der Waals surface area (Å²) in [4.78, 5) is 15.0. The van der Waals surface area contributed by atoms with Gasteiger partial charge in [0.15, 0.2) is 11.4 Å². The number of aromatic nitrogens is 5. The summed E-state index contributed by atoms with van der Waals surface area (Å²) in [5, 5.41) is 7.37. The van der Waals surface area contributed by atoms with E-state index in [2.05, 4.69) is 30.3 Å². The highest BCUT2D eigenvalue weighted by molar-refractivity contribution is 5.57. The first-order valence-electron chi connectivity index (χ1n) is 10.8. The van der Waals surface area contributed by atoms with E-state index in [-0.39, 0.29) is 41.8 Å². The van der Waals surface area contributed by atoms with E-state index >= 15 is 0 Å². The molecule has 0 radical (unpaired) electrons. The van der Waals surface area contributed by atoms with E-state index in [1.165, 1.54) is 0 Å². The standard InChI is InChI=1S/C21H23F4N7O/c1-12-8-17(27-11-26-12)31-9-13-2-3-14(10-31)18(13)28-20-29-19-15(33-7-6-22)4-5-16(21(23,24)25)32(19)30-20/h4-5,8,11,13-14,18H,2-3,6-7,9-10H2,1H3,(H,28,30). The number of fused-ring (bicyclic) bond motifs is 3. The van der Waals surface area contributed by atoms with Crippen molar-refractivity contribution < 1.29 is 22.3 Å². The van der Waals surface area contributed by atoms with Crippen LogP contribution in [-0.2, 0) is 6.18 Å². The summed E-state index contributed by atoms with van der Waals surface area (Å²) < 4.78 is 59.1. The SMILES string of the molecule is Cc1cc(N2CC3CCC(C2)C3Nc2nc3c(OCCF)ccc(C(F)(F)F)n3n2)ncn1. The average Bonchev–Trinajstić information content (AvgIpc) is 3.28. The van der Waals surface area contributed by atoms with E-state index < -0.39 is 18.5 Å². The number of anilines is 2. The summed E-state index contributed by atoms with van der Waals surface area (Å²) in [6.45, 7) is 2.43. The Balaban J connectivity index is 1.40. The molecule has 4 heterocycles. The molecule has 3 aromatic heterocycles. The van der Waals surface area contributed by atoms with E-state index in [0.29, 0.717) is 0 Å². The van der Waals surface area contributed by atoms with Crippen molar-refractivity contribution in [3.63, 3.8) is 0 Å². The van der Waals surface area contributed by atoms with Crippen molar-refractivity contribution in [3.05, 3.63) is 35.9 Å². The zero-order valence-corrected chi connectivity index (χ0v) is 17.9. The molecule has 176 valence electrons. The third-order valence-corrected chi connectivity index (χ3v) is 6.32. The second-order valence-electron chi connectivity index (χ2n) is 8.48. The van der Waals surface area contributed by atoms with Crippen LogP contribution in [0.1, 0.15) is 24.2 Å². The van der Waals surface area contributed by atoms with E-state index in [1.807, 2.05) is 13.0 Å². The lowest BCUT2D eigenvalue weighted by molar-refractivity contribution is -0.142. The first kappa shape index (κ1) is 21.7. The molecule has 2 fully saturated rings. The third kappa shape index (κ3) is 4.13. The number of rotatable bonds is 6. The van der Waals surface area contributed by atoms with Crippen molar-refractivity contribution in [2.24, 2.45) is 11.8 Å². The zero-order chi connectivity index (χ0) is 23.2. The first-order chi connectivity index (χ1) is 15.8. The third-order valence-electron chi connectivity index (χ3n) is 6.32. The smallest absolute Gasteiger partial charge is 0.433 e. The van der Waals surface area contributed by atoms with Crippen molar-refractivity contribution in [3.8, 4) is 5.75 Å². The fraction of sp³-hybridized carbons (Fsp3) is 0.524. The van der Waals surface area contributed by atoms with E-state index in [9.17, 15) is 17.6 Å². The molecule has 5 rings (SSSR count). The maximum Gasteiger partial charge on any atom is 0.433 e. The van der Waals surface area contributed by atoms with Gasteiger partial charge < -0.3 is 15.0 Å². The highest BCUT2D eigenvalue weighted by atomic mass is 19.4. The Kier molecular flexibility index (Phi) is 5.45. The summed E-state index contributed by atoms with van der Waals surface area (Å²) >= 11 is 0. The minimum absolute atomic E-state index is 0.0335. The Morgan fingerprint density at radius 2 is 1.91 bits per heavy atom. The van der Waals surface area contributed by atoms with E-state index in [1.54, 1.807) is 6.33 Å². The molecule has 33 heavy (non-hydrogen) atoms. The topological polar surface area (TPSA) is 80.5 Å². The van der Waals surface area contributed by atoms with Crippen molar-refractivity contribution >= 4 is 17.4 Å². The monoisotopic (exact) mass is 465 g/mol. The first-order valence-corrected chi connectivity index (χ1v) is 10.8. The minimum Gasteiger partial charge on any atom is -0.487 e. The van der Waals surface area contributed by atoms with Gasteiger partial charge in [0.05, 0.1) is 0 Å². The highest BCUT2D eigenvalue weighted by Gasteiger charge is 2.43. The predicted octanol–water partition coefficient (Wildman–Crippen LogP) is 3.52. The largest absolute Gasteiger partial charge is 0.487 e. The number of hydrogen-bond acceptors (Lipinski definition) is 7. The molecule has 1 saturated carbocycles. The van der Waals surface area contributed by atoms with Gasteiger partial charge in [-0.25, -0.2) is 18.9 Å². The van der Waals surface area contributed by atoms with Gasteiger partial charge in [-0.15, -0.1) is 5.10 Å². The van der Waals surface area contributed by atoms with Crippen LogP contribution < -0.4 is 15.0 Å². The molecule has 3 aromatic rings. The quantitative estimate of drug-likeness (QED) is 0.558. The Labute approximate surface area is 187 Å². The van der Waals surface area contributed by atoms with Gasteiger partial charge in [0, 0.05) is 30.9 Å². The minimum atomic E-state index is -4.62. The van der Waals surface area contributed by atoms with E-state index in [0.717, 1.165) is 54.1 Å². The molecule has 1 N–H and O–H groups in total. The number of ether oxygens (including phenoxy) is 1. The van der Waals surface area contributed by atoms with Crippen LogP contribution in [0.25, 0.3) is 5.65 Å². The second-order valence-corrected chi connectivity index (χ2v) is 8.48. The van der Waals surface area contributed by atoms with Crippen molar-refractivity contribution in [1.29, 1.82) is 0 Å². The van der Waals surface area contributed by atoms with Crippen LogP contribution in [0.2, 0.25) is 0 Å². The van der Waals surface area contributed by atoms with Gasteiger partial charge in [0.25, 0.3) is 0 Å². The molecule has 1 saturated heterocycles. The van der Waals surface area contributed by atoms with Crippen LogP contribution in [-0.4, -0.2) is 57.0 Å². The molecule has 2 bridgehead atoms. The number of nitrogens with one attached hydrogen (secondary N) is 1. The summed E-state index contributed by atoms with van der Waals surface area (Å²) in [6.07, 6.45) is -1.08. The van der Waals surface area contributed by atoms with Gasteiger partial charge in [0.1, 0.15) is 31.1 Å². The summed E-state index contributed by atoms with van der Waals surface area (Å²) in [6, 6.07) is 4.00. The van der Waals surface area contributed by atoms with Gasteiger partial charge >= 0.3 is 6.18 Å². The number of halogens is 4. The van der Waals surface area contributed by atoms with Gasteiger partial charge in [0.2, 0.25) is 5.95 Å². The van der Waals surface area contributed by atoms with Crippen LogP contribution in [0.4, 0.5) is 29.3 Å². The van der Waals surface area contributed by atoms with Gasteiger partial charge in [-0.1, -0.05) is 0 Å². The van der Waals surface area contributed by atoms with Gasteiger partial charge in [-0.05, 0) is 43.7 Å². The van der Waals surface area contributed by atoms with Crippen LogP contribution in [0.5, 0.6) is 5.75 Å². The molecule has 1 aliphatic carbocycles. The number of pyridine rings is 1. The van der Waals surface area contributed by atoms with Crippen LogP contribution in [0, 0.1) is 18.8 Å². The van der Waals surface area contributed by atoms with Crippen LogP contribution in [0.3, 0.4) is 0 Å². The Hall–Kier alpha value is -3.18. The maximum absolute atomic E-state index is 13.5. The van der Waals surface area contributed by atoms with Crippen LogP contribution in [0.15, 0.2) is 24.5 Å². The lowest BCUT2D eigenvalue weighted by Crippen LogP contribution is -2.48. The average molecular weight is 465 g/mol. The number of aryl methyl sites for hydroxylation is 1. The molecule has 1 aliphatic heterocycles. The number of nitrogens with zero attached hydrogens (tertiary/aromatic N) is 6. The molecular formula is C21H23F4N7O. The fourth-order valence-corrected chi connectivity index (χ4v) is 4.88. The molecule has 0 aromatic carbocycles.